The second kappa shape index (κ2) is 4.60. The third-order valence-corrected chi connectivity index (χ3v) is 2.03. The number of hydrogen-bond acceptors (Lipinski definition) is 3. The number of nitrogens with one attached hydrogen (secondary N) is 1. The molecule has 0 atom stereocenters. The van der Waals surface area contributed by atoms with E-state index in [-0.39, 0.29) is 0 Å². The van der Waals surface area contributed by atoms with Gasteiger partial charge in [-0.2, -0.15) is 0 Å². The van der Waals surface area contributed by atoms with Crippen molar-refractivity contribution in [3.05, 3.63) is 17.5 Å². The Morgan fingerprint density at radius 3 is 2.64 bits per heavy atom. The third kappa shape index (κ3) is 4.42. The van der Waals surface area contributed by atoms with Crippen molar-refractivity contribution in [1.82, 2.24) is 10.5 Å². The molecule has 0 fully saturated rings. The molecule has 0 aromatic carbocycles. The minimum atomic E-state index is 0.393. The molecule has 14 heavy (non-hydrogen) atoms. The van der Waals surface area contributed by atoms with Gasteiger partial charge in [-0.25, -0.2) is 0 Å². The van der Waals surface area contributed by atoms with Gasteiger partial charge in [-0.05, 0) is 25.3 Å². The molecule has 0 amide bonds. The van der Waals surface area contributed by atoms with E-state index in [1.807, 2.05) is 13.0 Å². The van der Waals surface area contributed by atoms with Crippen LogP contribution >= 0.6 is 0 Å². The van der Waals surface area contributed by atoms with Crippen LogP contribution in [0, 0.1) is 12.3 Å². The fourth-order valence-electron chi connectivity index (χ4n) is 1.17. The van der Waals surface area contributed by atoms with Crippen LogP contribution in [0.25, 0.3) is 0 Å². The van der Waals surface area contributed by atoms with E-state index in [1.54, 1.807) is 0 Å². The van der Waals surface area contributed by atoms with E-state index in [2.05, 4.69) is 31.2 Å². The minimum absolute atomic E-state index is 0.393. The highest BCUT2D eigenvalue weighted by Crippen LogP contribution is 2.17. The lowest BCUT2D eigenvalue weighted by Crippen LogP contribution is -2.19. The average molecular weight is 196 g/mol. The van der Waals surface area contributed by atoms with Crippen molar-refractivity contribution in [3.8, 4) is 0 Å². The Morgan fingerprint density at radius 1 is 1.43 bits per heavy atom. The van der Waals surface area contributed by atoms with Gasteiger partial charge in [0.1, 0.15) is 0 Å². The molecule has 3 heteroatoms. The molecule has 1 N–H and O–H groups in total. The summed E-state index contributed by atoms with van der Waals surface area (Å²) in [7, 11) is 0. The van der Waals surface area contributed by atoms with Crippen molar-refractivity contribution in [1.29, 1.82) is 0 Å². The van der Waals surface area contributed by atoms with Crippen molar-refractivity contribution >= 4 is 0 Å². The van der Waals surface area contributed by atoms with Crippen LogP contribution < -0.4 is 5.32 Å². The first-order valence-electron chi connectivity index (χ1n) is 5.10. The minimum Gasteiger partial charge on any atom is -0.360 e. The molecular formula is C11H20N2O. The van der Waals surface area contributed by atoms with Gasteiger partial charge in [0.2, 0.25) is 0 Å². The molecular weight excluding hydrogens is 176 g/mol. The van der Waals surface area contributed by atoms with E-state index in [9.17, 15) is 0 Å². The molecule has 0 saturated heterocycles. The van der Waals surface area contributed by atoms with Crippen LogP contribution in [0.4, 0.5) is 0 Å². The lowest BCUT2D eigenvalue weighted by atomic mass is 9.92. The van der Waals surface area contributed by atoms with Gasteiger partial charge in [-0.1, -0.05) is 25.9 Å². The van der Waals surface area contributed by atoms with Crippen LogP contribution in [0.15, 0.2) is 10.6 Å². The summed E-state index contributed by atoms with van der Waals surface area (Å²) in [6, 6.07) is 1.96. The largest absolute Gasteiger partial charge is 0.360 e. The normalized spacial score (nSPS) is 12.0. The van der Waals surface area contributed by atoms with E-state index < -0.39 is 0 Å². The van der Waals surface area contributed by atoms with Gasteiger partial charge in [0.05, 0.1) is 12.2 Å². The summed E-state index contributed by atoms with van der Waals surface area (Å²) in [4.78, 5) is 0. The molecule has 0 aliphatic carbocycles. The summed E-state index contributed by atoms with van der Waals surface area (Å²) in [6.07, 6.45) is 1.17. The summed E-state index contributed by atoms with van der Waals surface area (Å²) in [5.41, 5.74) is 1.34. The number of rotatable bonds is 4. The molecule has 1 heterocycles. The summed E-state index contributed by atoms with van der Waals surface area (Å²) >= 11 is 0. The van der Waals surface area contributed by atoms with Crippen LogP contribution in [0.1, 0.15) is 38.6 Å². The molecule has 0 saturated carbocycles. The third-order valence-electron chi connectivity index (χ3n) is 2.03. The topological polar surface area (TPSA) is 38.1 Å². The number of nitrogens with zero attached hydrogens (tertiary/aromatic N) is 1. The van der Waals surface area contributed by atoms with Gasteiger partial charge in [0, 0.05) is 6.07 Å². The van der Waals surface area contributed by atoms with Gasteiger partial charge in [0.25, 0.3) is 0 Å². The van der Waals surface area contributed by atoms with Crippen LogP contribution in [-0.4, -0.2) is 11.7 Å². The Bertz CT molecular complexity index is 273. The zero-order valence-electron chi connectivity index (χ0n) is 9.55. The summed E-state index contributed by atoms with van der Waals surface area (Å²) in [5.74, 6) is 0.913. The molecule has 0 radical (unpaired) electrons. The first-order valence-corrected chi connectivity index (χ1v) is 5.10. The Kier molecular flexibility index (Phi) is 3.69. The van der Waals surface area contributed by atoms with Crippen molar-refractivity contribution < 1.29 is 4.52 Å². The van der Waals surface area contributed by atoms with Crippen LogP contribution in [-0.2, 0) is 6.54 Å². The highest BCUT2D eigenvalue weighted by atomic mass is 16.5. The predicted molar refractivity (Wildman–Crippen MR) is 57.0 cm³/mol. The van der Waals surface area contributed by atoms with Gasteiger partial charge in [-0.15, -0.1) is 0 Å². The summed E-state index contributed by atoms with van der Waals surface area (Å²) < 4.78 is 5.08. The molecule has 0 unspecified atom stereocenters. The molecule has 1 aromatic rings. The van der Waals surface area contributed by atoms with Crippen molar-refractivity contribution in [2.75, 3.05) is 6.54 Å². The van der Waals surface area contributed by atoms with Crippen LogP contribution in [0.5, 0.6) is 0 Å². The lowest BCUT2D eigenvalue weighted by molar-refractivity contribution is 0.344. The first-order chi connectivity index (χ1) is 6.47. The maximum Gasteiger partial charge on any atom is 0.150 e. The molecule has 0 spiro atoms. The summed E-state index contributed by atoms with van der Waals surface area (Å²) in [5, 5.41) is 7.17. The highest BCUT2D eigenvalue weighted by molar-refractivity contribution is 5.02. The maximum atomic E-state index is 5.08. The molecule has 1 aromatic heterocycles. The van der Waals surface area contributed by atoms with Crippen molar-refractivity contribution in [3.63, 3.8) is 0 Å². The number of hydrogen-bond donors (Lipinski definition) is 1. The molecule has 1 rings (SSSR count). The van der Waals surface area contributed by atoms with Gasteiger partial charge in [-0.3, -0.25) is 0 Å². The van der Waals surface area contributed by atoms with E-state index >= 15 is 0 Å². The van der Waals surface area contributed by atoms with E-state index in [0.29, 0.717) is 5.41 Å². The second-order valence-corrected chi connectivity index (χ2v) is 4.92. The fourth-order valence-corrected chi connectivity index (χ4v) is 1.17. The summed E-state index contributed by atoms with van der Waals surface area (Å²) in [6.45, 7) is 10.5. The smallest absolute Gasteiger partial charge is 0.150 e. The number of aromatic nitrogens is 1. The second-order valence-electron chi connectivity index (χ2n) is 4.92. The molecule has 3 nitrogen and oxygen atoms in total. The molecule has 80 valence electrons. The molecule has 0 aliphatic rings. The predicted octanol–water partition coefficient (Wildman–Crippen LogP) is 2.51. The van der Waals surface area contributed by atoms with E-state index in [0.717, 1.165) is 24.5 Å². The first kappa shape index (κ1) is 11.2. The standard InChI is InChI=1S/C11H20N2O/c1-9-7-10(14-13-9)8-12-6-5-11(2,3)4/h7,12H,5-6,8H2,1-4H3. The van der Waals surface area contributed by atoms with Crippen LogP contribution in [0.3, 0.4) is 0 Å². The Balaban J connectivity index is 2.16. The lowest BCUT2D eigenvalue weighted by Gasteiger charge is -2.17. The van der Waals surface area contributed by atoms with E-state index in [1.165, 1.54) is 6.42 Å². The van der Waals surface area contributed by atoms with Crippen molar-refractivity contribution in [2.45, 2.75) is 40.7 Å². The number of aryl methyl sites for hydroxylation is 1. The van der Waals surface area contributed by atoms with E-state index in [4.69, 9.17) is 4.52 Å². The van der Waals surface area contributed by atoms with Gasteiger partial charge >= 0.3 is 0 Å². The Labute approximate surface area is 85.9 Å². The maximum absolute atomic E-state index is 5.08. The Hall–Kier alpha value is -0.830. The molecule has 0 aliphatic heterocycles. The SMILES string of the molecule is Cc1cc(CNCCC(C)(C)C)on1. The zero-order valence-corrected chi connectivity index (χ0v) is 9.55. The Morgan fingerprint density at radius 2 is 2.14 bits per heavy atom. The van der Waals surface area contributed by atoms with Crippen molar-refractivity contribution in [2.24, 2.45) is 5.41 Å². The quantitative estimate of drug-likeness (QED) is 0.752. The monoisotopic (exact) mass is 196 g/mol. The van der Waals surface area contributed by atoms with Gasteiger partial charge < -0.3 is 9.84 Å². The fraction of sp³-hybridized carbons (Fsp3) is 0.727. The zero-order chi connectivity index (χ0) is 10.6. The highest BCUT2D eigenvalue weighted by Gasteiger charge is 2.09. The van der Waals surface area contributed by atoms with Crippen LogP contribution in [0.2, 0.25) is 0 Å². The average Bonchev–Trinajstić information content (AvgIpc) is 2.44. The molecule has 0 bridgehead atoms. The van der Waals surface area contributed by atoms with Gasteiger partial charge in [0.15, 0.2) is 5.76 Å².